The number of halogens is 1. The molecule has 0 aliphatic carbocycles. The Bertz CT molecular complexity index is 593. The molecule has 0 saturated heterocycles. The van der Waals surface area contributed by atoms with Crippen LogP contribution < -0.4 is 10.1 Å². The fourth-order valence-corrected chi connectivity index (χ4v) is 2.19. The Balaban J connectivity index is 2.29. The van der Waals surface area contributed by atoms with Gasteiger partial charge in [-0.15, -0.1) is 0 Å². The molecule has 1 N–H and O–H groups in total. The van der Waals surface area contributed by atoms with E-state index in [2.05, 4.69) is 28.7 Å². The summed E-state index contributed by atoms with van der Waals surface area (Å²) in [7, 11) is 1.64. The molecule has 1 heterocycles. The lowest BCUT2D eigenvalue weighted by molar-refractivity contribution is 0.415. The summed E-state index contributed by atoms with van der Waals surface area (Å²) in [5.74, 6) is 2.10. The van der Waals surface area contributed by atoms with Crippen LogP contribution in [-0.4, -0.2) is 16.7 Å². The maximum absolute atomic E-state index is 6.21. The third-order valence-electron chi connectivity index (χ3n) is 2.88. The first kappa shape index (κ1) is 14.7. The Morgan fingerprint density at radius 3 is 2.80 bits per heavy atom. The van der Waals surface area contributed by atoms with Crippen LogP contribution in [0.5, 0.6) is 5.75 Å². The molecule has 0 aliphatic rings. The fourth-order valence-electron chi connectivity index (χ4n) is 2.03. The van der Waals surface area contributed by atoms with Crippen LogP contribution >= 0.6 is 11.6 Å². The van der Waals surface area contributed by atoms with Gasteiger partial charge in [-0.1, -0.05) is 25.4 Å². The number of imidazole rings is 1. The quantitative estimate of drug-likeness (QED) is 0.895. The third-order valence-corrected chi connectivity index (χ3v) is 3.21. The molecule has 0 amide bonds. The van der Waals surface area contributed by atoms with Crippen LogP contribution in [0.25, 0.3) is 0 Å². The molecule has 0 fully saturated rings. The number of hydrogen-bond donors (Lipinski definition) is 1. The first-order valence-corrected chi connectivity index (χ1v) is 7.01. The maximum Gasteiger partial charge on any atom is 0.207 e. The SMILES string of the molecule is COc1ccc(Cl)c(Nc2nc(C)cn2CC(C)C)c1. The standard InChI is InChI=1S/C15H20ClN3O/c1-10(2)8-19-9-11(3)17-15(19)18-14-7-12(20-4)5-6-13(14)16/h5-7,9-10H,8H2,1-4H3,(H,17,18). The summed E-state index contributed by atoms with van der Waals surface area (Å²) in [4.78, 5) is 4.51. The molecule has 1 aromatic heterocycles. The van der Waals surface area contributed by atoms with Crippen LogP contribution in [0.15, 0.2) is 24.4 Å². The summed E-state index contributed by atoms with van der Waals surface area (Å²) in [5.41, 5.74) is 1.77. The number of anilines is 2. The van der Waals surface area contributed by atoms with Crippen LogP contribution in [0.2, 0.25) is 5.02 Å². The van der Waals surface area contributed by atoms with Gasteiger partial charge in [0.15, 0.2) is 0 Å². The van der Waals surface area contributed by atoms with Crippen molar-refractivity contribution < 1.29 is 4.74 Å². The van der Waals surface area contributed by atoms with E-state index in [0.717, 1.165) is 29.6 Å². The number of rotatable bonds is 5. The summed E-state index contributed by atoms with van der Waals surface area (Å²) in [6, 6.07) is 5.51. The van der Waals surface area contributed by atoms with Gasteiger partial charge in [0, 0.05) is 18.8 Å². The molecule has 0 radical (unpaired) electrons. The summed E-state index contributed by atoms with van der Waals surface area (Å²) in [6.07, 6.45) is 2.04. The second kappa shape index (κ2) is 6.18. The molecule has 0 bridgehead atoms. The van der Waals surface area contributed by atoms with Gasteiger partial charge in [0.1, 0.15) is 5.75 Å². The number of methoxy groups -OCH3 is 1. The van der Waals surface area contributed by atoms with Crippen LogP contribution in [0.1, 0.15) is 19.5 Å². The molecule has 0 spiro atoms. The number of aryl methyl sites for hydroxylation is 1. The van der Waals surface area contributed by atoms with E-state index >= 15 is 0 Å². The van der Waals surface area contributed by atoms with E-state index in [4.69, 9.17) is 16.3 Å². The zero-order valence-corrected chi connectivity index (χ0v) is 13.0. The molecule has 1 aromatic carbocycles. The van der Waals surface area contributed by atoms with Gasteiger partial charge >= 0.3 is 0 Å². The van der Waals surface area contributed by atoms with Crippen molar-refractivity contribution in [1.82, 2.24) is 9.55 Å². The Labute approximate surface area is 124 Å². The van der Waals surface area contributed by atoms with E-state index in [1.165, 1.54) is 0 Å². The van der Waals surface area contributed by atoms with Gasteiger partial charge in [0.25, 0.3) is 0 Å². The molecule has 0 saturated carbocycles. The lowest BCUT2D eigenvalue weighted by Crippen LogP contribution is -2.07. The van der Waals surface area contributed by atoms with Gasteiger partial charge in [-0.2, -0.15) is 0 Å². The van der Waals surface area contributed by atoms with Crippen molar-refractivity contribution >= 4 is 23.2 Å². The van der Waals surface area contributed by atoms with Gasteiger partial charge < -0.3 is 14.6 Å². The maximum atomic E-state index is 6.21. The van der Waals surface area contributed by atoms with Crippen molar-refractivity contribution in [2.24, 2.45) is 5.92 Å². The predicted molar refractivity (Wildman–Crippen MR) is 83.1 cm³/mol. The van der Waals surface area contributed by atoms with Gasteiger partial charge in [-0.25, -0.2) is 4.98 Å². The van der Waals surface area contributed by atoms with Gasteiger partial charge in [-0.3, -0.25) is 0 Å². The average Bonchev–Trinajstić information content (AvgIpc) is 2.71. The first-order valence-electron chi connectivity index (χ1n) is 6.64. The molecule has 2 aromatic rings. The first-order chi connectivity index (χ1) is 9.49. The average molecular weight is 294 g/mol. The van der Waals surface area contributed by atoms with E-state index in [9.17, 15) is 0 Å². The van der Waals surface area contributed by atoms with Gasteiger partial charge in [-0.05, 0) is 25.0 Å². The molecule has 20 heavy (non-hydrogen) atoms. The summed E-state index contributed by atoms with van der Waals surface area (Å²) in [6.45, 7) is 7.25. The highest BCUT2D eigenvalue weighted by Crippen LogP contribution is 2.29. The molecular formula is C15H20ClN3O. The van der Waals surface area contributed by atoms with Crippen molar-refractivity contribution in [3.05, 3.63) is 35.1 Å². The predicted octanol–water partition coefficient (Wildman–Crippen LogP) is 4.25. The Hall–Kier alpha value is -1.68. The summed E-state index contributed by atoms with van der Waals surface area (Å²) < 4.78 is 7.33. The third kappa shape index (κ3) is 3.45. The zero-order chi connectivity index (χ0) is 14.7. The Morgan fingerprint density at radius 1 is 1.40 bits per heavy atom. The summed E-state index contributed by atoms with van der Waals surface area (Å²) >= 11 is 6.21. The lowest BCUT2D eigenvalue weighted by Gasteiger charge is -2.13. The highest BCUT2D eigenvalue weighted by Gasteiger charge is 2.10. The van der Waals surface area contributed by atoms with Crippen molar-refractivity contribution in [3.8, 4) is 5.75 Å². The van der Waals surface area contributed by atoms with Crippen LogP contribution in [0.4, 0.5) is 11.6 Å². The van der Waals surface area contributed by atoms with Crippen molar-refractivity contribution in [1.29, 1.82) is 0 Å². The minimum Gasteiger partial charge on any atom is -0.497 e. The number of benzene rings is 1. The number of hydrogen-bond acceptors (Lipinski definition) is 3. The lowest BCUT2D eigenvalue weighted by atomic mass is 10.2. The molecule has 0 unspecified atom stereocenters. The van der Waals surface area contributed by atoms with E-state index in [0.29, 0.717) is 10.9 Å². The minimum absolute atomic E-state index is 0.546. The molecule has 0 atom stereocenters. The van der Waals surface area contributed by atoms with Crippen LogP contribution in [0, 0.1) is 12.8 Å². The molecule has 0 aliphatic heterocycles. The van der Waals surface area contributed by atoms with E-state index < -0.39 is 0 Å². The van der Waals surface area contributed by atoms with Gasteiger partial charge in [0.2, 0.25) is 5.95 Å². The fraction of sp³-hybridized carbons (Fsp3) is 0.400. The highest BCUT2D eigenvalue weighted by molar-refractivity contribution is 6.33. The topological polar surface area (TPSA) is 39.1 Å². The van der Waals surface area contributed by atoms with Crippen LogP contribution in [0.3, 0.4) is 0 Å². The normalized spacial score (nSPS) is 10.9. The van der Waals surface area contributed by atoms with Crippen molar-refractivity contribution in [2.75, 3.05) is 12.4 Å². The van der Waals surface area contributed by atoms with E-state index in [-0.39, 0.29) is 0 Å². The second-order valence-electron chi connectivity index (χ2n) is 5.22. The Morgan fingerprint density at radius 2 is 2.15 bits per heavy atom. The van der Waals surface area contributed by atoms with Crippen molar-refractivity contribution in [2.45, 2.75) is 27.3 Å². The monoisotopic (exact) mass is 293 g/mol. The second-order valence-corrected chi connectivity index (χ2v) is 5.63. The molecule has 5 heteroatoms. The zero-order valence-electron chi connectivity index (χ0n) is 12.3. The van der Waals surface area contributed by atoms with Crippen LogP contribution in [-0.2, 0) is 6.54 Å². The highest BCUT2D eigenvalue weighted by atomic mass is 35.5. The Kier molecular flexibility index (Phi) is 4.55. The number of aromatic nitrogens is 2. The van der Waals surface area contributed by atoms with E-state index in [1.807, 2.05) is 31.3 Å². The molecule has 108 valence electrons. The minimum atomic E-state index is 0.546. The largest absolute Gasteiger partial charge is 0.497 e. The molecule has 2 rings (SSSR count). The number of nitrogens with zero attached hydrogens (tertiary/aromatic N) is 2. The van der Waals surface area contributed by atoms with E-state index in [1.54, 1.807) is 7.11 Å². The molecular weight excluding hydrogens is 274 g/mol. The smallest absolute Gasteiger partial charge is 0.207 e. The number of nitrogens with one attached hydrogen (secondary N) is 1. The number of ether oxygens (including phenoxy) is 1. The molecule has 4 nitrogen and oxygen atoms in total. The van der Waals surface area contributed by atoms with Gasteiger partial charge in [0.05, 0.1) is 23.5 Å². The summed E-state index contributed by atoms with van der Waals surface area (Å²) in [5, 5.41) is 3.92. The van der Waals surface area contributed by atoms with Crippen molar-refractivity contribution in [3.63, 3.8) is 0 Å².